The summed E-state index contributed by atoms with van der Waals surface area (Å²) in [6, 6.07) is 8.31. The molecular formula is C24H35N3O3. The third-order valence-corrected chi connectivity index (χ3v) is 6.98. The van der Waals surface area contributed by atoms with Crippen molar-refractivity contribution in [3.05, 3.63) is 29.8 Å². The van der Waals surface area contributed by atoms with Gasteiger partial charge in [0.15, 0.2) is 0 Å². The van der Waals surface area contributed by atoms with Gasteiger partial charge in [0.2, 0.25) is 5.91 Å². The van der Waals surface area contributed by atoms with Gasteiger partial charge in [0.25, 0.3) is 0 Å². The van der Waals surface area contributed by atoms with Gasteiger partial charge in [-0.15, -0.1) is 0 Å². The summed E-state index contributed by atoms with van der Waals surface area (Å²) in [5, 5.41) is 0. The quantitative estimate of drug-likeness (QED) is 0.711. The number of benzene rings is 1. The minimum absolute atomic E-state index is 0.149. The van der Waals surface area contributed by atoms with E-state index in [2.05, 4.69) is 28.5 Å². The van der Waals surface area contributed by atoms with Crippen molar-refractivity contribution in [2.75, 3.05) is 44.2 Å². The largest absolute Gasteiger partial charge is 0.373 e. The zero-order valence-electron chi connectivity index (χ0n) is 18.3. The number of ether oxygens (including phenoxy) is 1. The molecule has 3 saturated heterocycles. The second-order valence-electron chi connectivity index (χ2n) is 9.24. The number of carbonyl (C=O) groups excluding carboxylic acids is 2. The number of likely N-dealkylation sites (tertiary alicyclic amines) is 1. The Morgan fingerprint density at radius 3 is 2.10 bits per heavy atom. The predicted molar refractivity (Wildman–Crippen MR) is 118 cm³/mol. The lowest BCUT2D eigenvalue weighted by Crippen LogP contribution is -2.54. The van der Waals surface area contributed by atoms with Gasteiger partial charge in [0, 0.05) is 62.5 Å². The number of piperidine rings is 2. The fraction of sp³-hybridized carbons (Fsp3) is 0.667. The predicted octanol–water partition coefficient (Wildman–Crippen LogP) is 2.82. The second kappa shape index (κ2) is 9.48. The van der Waals surface area contributed by atoms with Crippen LogP contribution in [0.15, 0.2) is 24.3 Å². The van der Waals surface area contributed by atoms with Gasteiger partial charge in [-0.25, -0.2) is 0 Å². The molecule has 6 heteroatoms. The molecule has 3 fully saturated rings. The molecule has 6 nitrogen and oxygen atoms in total. The molecule has 0 unspecified atom stereocenters. The molecule has 3 aliphatic heterocycles. The van der Waals surface area contributed by atoms with Crippen LogP contribution >= 0.6 is 0 Å². The molecule has 3 heterocycles. The van der Waals surface area contributed by atoms with Crippen LogP contribution in [0, 0.1) is 5.92 Å². The summed E-state index contributed by atoms with van der Waals surface area (Å²) in [5.41, 5.74) is 1.84. The number of hydrogen-bond acceptors (Lipinski definition) is 5. The number of morpholine rings is 1. The van der Waals surface area contributed by atoms with Crippen LogP contribution in [0.1, 0.15) is 49.9 Å². The van der Waals surface area contributed by atoms with E-state index in [9.17, 15) is 9.59 Å². The minimum atomic E-state index is 0.149. The summed E-state index contributed by atoms with van der Waals surface area (Å²) in [5.74, 6) is 0.503. The van der Waals surface area contributed by atoms with E-state index in [0.29, 0.717) is 29.7 Å². The molecule has 2 atom stereocenters. The first kappa shape index (κ1) is 21.3. The number of nitrogens with zero attached hydrogens (tertiary/aromatic N) is 3. The first-order valence-corrected chi connectivity index (χ1v) is 11.5. The summed E-state index contributed by atoms with van der Waals surface area (Å²) in [4.78, 5) is 31.0. The van der Waals surface area contributed by atoms with E-state index in [0.717, 1.165) is 76.9 Å². The van der Waals surface area contributed by atoms with Crippen molar-refractivity contribution in [3.8, 4) is 0 Å². The zero-order valence-corrected chi connectivity index (χ0v) is 18.3. The van der Waals surface area contributed by atoms with Crippen molar-refractivity contribution in [2.45, 2.75) is 57.8 Å². The van der Waals surface area contributed by atoms with Crippen molar-refractivity contribution >= 4 is 17.9 Å². The van der Waals surface area contributed by atoms with Crippen LogP contribution in [0.3, 0.4) is 0 Å². The molecule has 1 aromatic carbocycles. The van der Waals surface area contributed by atoms with E-state index in [1.807, 2.05) is 24.3 Å². The van der Waals surface area contributed by atoms with Crippen LogP contribution in [0.2, 0.25) is 0 Å². The molecule has 0 bridgehead atoms. The van der Waals surface area contributed by atoms with Gasteiger partial charge < -0.3 is 14.5 Å². The zero-order chi connectivity index (χ0) is 21.1. The van der Waals surface area contributed by atoms with Crippen molar-refractivity contribution < 1.29 is 14.3 Å². The third kappa shape index (κ3) is 4.86. The van der Waals surface area contributed by atoms with E-state index in [-0.39, 0.29) is 5.92 Å². The molecule has 0 aromatic heterocycles. The highest BCUT2D eigenvalue weighted by Crippen LogP contribution is 2.27. The first-order valence-electron chi connectivity index (χ1n) is 11.5. The molecule has 0 aliphatic carbocycles. The maximum absolute atomic E-state index is 13.1. The molecule has 0 spiro atoms. The van der Waals surface area contributed by atoms with Crippen LogP contribution in [0.5, 0.6) is 0 Å². The smallest absolute Gasteiger partial charge is 0.225 e. The standard InChI is InChI=1S/C24H35N3O3/c1-18-15-27(16-19(2)30-18)23-9-13-26(14-10-23)24(29)21-7-11-25(12-8-21)22-5-3-20(17-28)4-6-22/h3-6,17-19,21,23H,7-16H2,1-2H3/t18-,19+. The highest BCUT2D eigenvalue weighted by Gasteiger charge is 2.34. The number of amides is 1. The normalized spacial score (nSPS) is 27.3. The van der Waals surface area contributed by atoms with Gasteiger partial charge in [0.05, 0.1) is 12.2 Å². The van der Waals surface area contributed by atoms with E-state index < -0.39 is 0 Å². The molecule has 0 N–H and O–H groups in total. The lowest BCUT2D eigenvalue weighted by Gasteiger charge is -2.44. The van der Waals surface area contributed by atoms with Crippen molar-refractivity contribution in [2.24, 2.45) is 5.92 Å². The first-order chi connectivity index (χ1) is 14.5. The van der Waals surface area contributed by atoms with Crippen molar-refractivity contribution in [1.82, 2.24) is 9.80 Å². The summed E-state index contributed by atoms with van der Waals surface area (Å²) in [6.45, 7) is 9.90. The van der Waals surface area contributed by atoms with E-state index in [1.54, 1.807) is 0 Å². The average Bonchev–Trinajstić information content (AvgIpc) is 2.78. The summed E-state index contributed by atoms with van der Waals surface area (Å²) in [7, 11) is 0. The summed E-state index contributed by atoms with van der Waals surface area (Å²) in [6.07, 6.45) is 5.44. The Labute approximate surface area is 180 Å². The molecule has 1 amide bonds. The summed E-state index contributed by atoms with van der Waals surface area (Å²) < 4.78 is 5.87. The van der Waals surface area contributed by atoms with Crippen LogP contribution in [0.4, 0.5) is 5.69 Å². The Bertz CT molecular complexity index is 712. The van der Waals surface area contributed by atoms with Crippen LogP contribution in [-0.2, 0) is 9.53 Å². The molecule has 164 valence electrons. The molecule has 1 aromatic rings. The molecule has 0 saturated carbocycles. The van der Waals surface area contributed by atoms with Gasteiger partial charge in [-0.3, -0.25) is 14.5 Å². The van der Waals surface area contributed by atoms with Crippen LogP contribution in [-0.4, -0.2) is 79.5 Å². The van der Waals surface area contributed by atoms with Gasteiger partial charge in [-0.05, 0) is 63.8 Å². The van der Waals surface area contributed by atoms with E-state index in [1.165, 1.54) is 0 Å². The topological polar surface area (TPSA) is 53.1 Å². The average molecular weight is 414 g/mol. The van der Waals surface area contributed by atoms with E-state index in [4.69, 9.17) is 4.74 Å². The number of aldehydes is 1. The van der Waals surface area contributed by atoms with Gasteiger partial charge in [-0.2, -0.15) is 0 Å². The fourth-order valence-electron chi connectivity index (χ4n) is 5.37. The molecule has 0 radical (unpaired) electrons. The van der Waals surface area contributed by atoms with Crippen LogP contribution < -0.4 is 4.90 Å². The highest BCUT2D eigenvalue weighted by molar-refractivity contribution is 5.79. The number of anilines is 1. The lowest BCUT2D eigenvalue weighted by molar-refractivity contribution is -0.139. The van der Waals surface area contributed by atoms with Crippen molar-refractivity contribution in [3.63, 3.8) is 0 Å². The Morgan fingerprint density at radius 1 is 0.933 bits per heavy atom. The minimum Gasteiger partial charge on any atom is -0.373 e. The number of carbonyl (C=O) groups is 2. The van der Waals surface area contributed by atoms with Gasteiger partial charge in [0.1, 0.15) is 6.29 Å². The second-order valence-corrected chi connectivity index (χ2v) is 9.24. The Kier molecular flexibility index (Phi) is 6.74. The highest BCUT2D eigenvalue weighted by atomic mass is 16.5. The van der Waals surface area contributed by atoms with Crippen molar-refractivity contribution in [1.29, 1.82) is 0 Å². The SMILES string of the molecule is C[C@@H]1CN(C2CCN(C(=O)C3CCN(c4ccc(C=O)cc4)CC3)CC2)C[C@H](C)O1. The summed E-state index contributed by atoms with van der Waals surface area (Å²) >= 11 is 0. The lowest BCUT2D eigenvalue weighted by atomic mass is 9.93. The van der Waals surface area contributed by atoms with E-state index >= 15 is 0 Å². The molecule has 30 heavy (non-hydrogen) atoms. The number of hydrogen-bond donors (Lipinski definition) is 0. The number of rotatable bonds is 4. The van der Waals surface area contributed by atoms with Gasteiger partial charge >= 0.3 is 0 Å². The maximum atomic E-state index is 13.1. The Hall–Kier alpha value is -1.92. The molecule has 4 rings (SSSR count). The monoisotopic (exact) mass is 413 g/mol. The molecular weight excluding hydrogens is 378 g/mol. The maximum Gasteiger partial charge on any atom is 0.225 e. The fourth-order valence-corrected chi connectivity index (χ4v) is 5.37. The Morgan fingerprint density at radius 2 is 1.53 bits per heavy atom. The van der Waals surface area contributed by atoms with Crippen LogP contribution in [0.25, 0.3) is 0 Å². The van der Waals surface area contributed by atoms with Gasteiger partial charge in [-0.1, -0.05) is 0 Å². The third-order valence-electron chi connectivity index (χ3n) is 6.98. The Balaban J connectivity index is 1.24. The molecule has 3 aliphatic rings.